The smallest absolute Gasteiger partial charge is 0.251 e. The van der Waals surface area contributed by atoms with Crippen LogP contribution < -0.4 is 4.72 Å². The van der Waals surface area contributed by atoms with E-state index in [4.69, 9.17) is 0 Å². The molecule has 2 aromatic heterocycles. The number of sulfonamides is 1. The first kappa shape index (κ1) is 12.7. The first-order chi connectivity index (χ1) is 8.09. The maximum Gasteiger partial charge on any atom is 0.251 e. The summed E-state index contributed by atoms with van der Waals surface area (Å²) in [5.41, 5.74) is 0. The van der Waals surface area contributed by atoms with E-state index in [1.165, 1.54) is 11.3 Å². The molecule has 0 aliphatic rings. The molecule has 9 heteroatoms. The number of halogens is 1. The van der Waals surface area contributed by atoms with Crippen molar-refractivity contribution < 1.29 is 8.42 Å². The van der Waals surface area contributed by atoms with Gasteiger partial charge in [0.05, 0.1) is 12.7 Å². The summed E-state index contributed by atoms with van der Waals surface area (Å²) in [5, 5.41) is 9.09. The third kappa shape index (κ3) is 3.12. The van der Waals surface area contributed by atoms with Gasteiger partial charge in [0, 0.05) is 17.2 Å². The largest absolute Gasteiger partial charge is 0.251 e. The van der Waals surface area contributed by atoms with Crippen LogP contribution in [-0.4, -0.2) is 30.0 Å². The second-order valence-corrected chi connectivity index (χ2v) is 6.85. The Morgan fingerprint density at radius 2 is 2.35 bits per heavy atom. The van der Waals surface area contributed by atoms with Crippen LogP contribution in [0, 0.1) is 0 Å². The first-order valence-corrected chi connectivity index (χ1v) is 7.82. The van der Waals surface area contributed by atoms with E-state index in [9.17, 15) is 8.42 Å². The zero-order chi connectivity index (χ0) is 12.3. The molecule has 0 saturated heterocycles. The predicted octanol–water partition coefficient (Wildman–Crippen LogP) is 1.08. The van der Waals surface area contributed by atoms with Crippen LogP contribution in [0.3, 0.4) is 0 Å². The standard InChI is InChI=1S/C8H9BrN4O2S2/c9-7-1-6-16-8(7)17(14,15)11-3-5-13-4-2-10-12-13/h1-2,4,6,11H,3,5H2. The molecule has 0 saturated carbocycles. The van der Waals surface area contributed by atoms with Crippen LogP contribution in [0.15, 0.2) is 32.5 Å². The van der Waals surface area contributed by atoms with Gasteiger partial charge in [0.2, 0.25) is 0 Å². The van der Waals surface area contributed by atoms with Crippen molar-refractivity contribution in [2.75, 3.05) is 6.54 Å². The number of hydrogen-bond acceptors (Lipinski definition) is 5. The second-order valence-electron chi connectivity index (χ2n) is 3.12. The van der Waals surface area contributed by atoms with Gasteiger partial charge in [0.25, 0.3) is 10.0 Å². The Morgan fingerprint density at radius 1 is 1.53 bits per heavy atom. The van der Waals surface area contributed by atoms with E-state index in [1.54, 1.807) is 28.5 Å². The Hall–Kier alpha value is -0.770. The van der Waals surface area contributed by atoms with Crippen molar-refractivity contribution in [1.82, 2.24) is 19.7 Å². The van der Waals surface area contributed by atoms with Gasteiger partial charge in [0.15, 0.2) is 0 Å². The summed E-state index contributed by atoms with van der Waals surface area (Å²) >= 11 is 4.37. The normalized spacial score (nSPS) is 11.8. The highest BCUT2D eigenvalue weighted by Crippen LogP contribution is 2.27. The summed E-state index contributed by atoms with van der Waals surface area (Å²) in [6.07, 6.45) is 3.22. The Kier molecular flexibility index (Phi) is 3.92. The van der Waals surface area contributed by atoms with E-state index in [2.05, 4.69) is 31.0 Å². The monoisotopic (exact) mass is 336 g/mol. The molecular weight excluding hydrogens is 328 g/mol. The summed E-state index contributed by atoms with van der Waals surface area (Å²) in [5.74, 6) is 0. The minimum absolute atomic E-state index is 0.274. The van der Waals surface area contributed by atoms with E-state index >= 15 is 0 Å². The number of nitrogens with zero attached hydrogens (tertiary/aromatic N) is 3. The lowest BCUT2D eigenvalue weighted by Crippen LogP contribution is -2.27. The van der Waals surface area contributed by atoms with Crippen molar-refractivity contribution in [3.05, 3.63) is 28.3 Å². The fourth-order valence-corrected chi connectivity index (χ4v) is 4.58. The van der Waals surface area contributed by atoms with E-state index in [1.807, 2.05) is 0 Å². The molecule has 6 nitrogen and oxygen atoms in total. The first-order valence-electron chi connectivity index (χ1n) is 4.66. The highest BCUT2D eigenvalue weighted by Gasteiger charge is 2.18. The van der Waals surface area contributed by atoms with Crippen molar-refractivity contribution in [2.24, 2.45) is 0 Å². The lowest BCUT2D eigenvalue weighted by Gasteiger charge is -2.05. The Labute approximate surface area is 111 Å². The van der Waals surface area contributed by atoms with Crippen molar-refractivity contribution in [2.45, 2.75) is 10.8 Å². The van der Waals surface area contributed by atoms with Crippen molar-refractivity contribution in [3.63, 3.8) is 0 Å². The minimum atomic E-state index is -3.44. The molecule has 0 aliphatic heterocycles. The maximum absolute atomic E-state index is 11.9. The molecule has 0 spiro atoms. The van der Waals surface area contributed by atoms with Gasteiger partial charge in [-0.05, 0) is 27.4 Å². The van der Waals surface area contributed by atoms with Crippen LogP contribution in [0.25, 0.3) is 0 Å². The van der Waals surface area contributed by atoms with Gasteiger partial charge in [-0.3, -0.25) is 4.68 Å². The fraction of sp³-hybridized carbons (Fsp3) is 0.250. The summed E-state index contributed by atoms with van der Waals surface area (Å²) < 4.78 is 28.7. The van der Waals surface area contributed by atoms with Gasteiger partial charge in [0.1, 0.15) is 4.21 Å². The van der Waals surface area contributed by atoms with Gasteiger partial charge in [-0.15, -0.1) is 16.4 Å². The summed E-state index contributed by atoms with van der Waals surface area (Å²) in [4.78, 5) is 0. The molecule has 17 heavy (non-hydrogen) atoms. The molecule has 0 unspecified atom stereocenters. The van der Waals surface area contributed by atoms with Gasteiger partial charge >= 0.3 is 0 Å². The van der Waals surface area contributed by atoms with Crippen LogP contribution in [0.5, 0.6) is 0 Å². The van der Waals surface area contributed by atoms with E-state index in [0.717, 1.165) is 0 Å². The Bertz CT molecular complexity index is 578. The molecule has 0 atom stereocenters. The molecule has 0 bridgehead atoms. The molecule has 0 aliphatic carbocycles. The average molecular weight is 337 g/mol. The van der Waals surface area contributed by atoms with Gasteiger partial charge in [-0.2, -0.15) is 0 Å². The molecular formula is C8H9BrN4O2S2. The lowest BCUT2D eigenvalue weighted by atomic mass is 10.6. The SMILES string of the molecule is O=S(=O)(NCCn1ccnn1)c1sccc1Br. The summed E-state index contributed by atoms with van der Waals surface area (Å²) in [6, 6.07) is 1.71. The predicted molar refractivity (Wildman–Crippen MR) is 67.2 cm³/mol. The molecule has 2 rings (SSSR count). The zero-order valence-electron chi connectivity index (χ0n) is 8.58. The second kappa shape index (κ2) is 5.25. The minimum Gasteiger partial charge on any atom is -0.251 e. The van der Waals surface area contributed by atoms with Crippen molar-refractivity contribution >= 4 is 37.3 Å². The summed E-state index contributed by atoms with van der Waals surface area (Å²) in [6.45, 7) is 0.720. The molecule has 0 radical (unpaired) electrons. The van der Waals surface area contributed by atoms with Crippen LogP contribution in [0.1, 0.15) is 0 Å². The molecule has 2 aromatic rings. The third-order valence-electron chi connectivity index (χ3n) is 1.93. The number of nitrogens with one attached hydrogen (secondary N) is 1. The third-order valence-corrected chi connectivity index (χ3v) is 6.06. The van der Waals surface area contributed by atoms with Crippen LogP contribution in [0.4, 0.5) is 0 Å². The summed E-state index contributed by atoms with van der Waals surface area (Å²) in [7, 11) is -3.44. The van der Waals surface area contributed by atoms with Gasteiger partial charge < -0.3 is 0 Å². The number of hydrogen-bond donors (Lipinski definition) is 1. The topological polar surface area (TPSA) is 76.9 Å². The lowest BCUT2D eigenvalue weighted by molar-refractivity contribution is 0.554. The average Bonchev–Trinajstić information content (AvgIpc) is 2.88. The molecule has 2 heterocycles. The quantitative estimate of drug-likeness (QED) is 0.886. The van der Waals surface area contributed by atoms with Crippen molar-refractivity contribution in [3.8, 4) is 0 Å². The molecule has 0 amide bonds. The van der Waals surface area contributed by atoms with Crippen LogP contribution in [-0.2, 0) is 16.6 Å². The molecule has 0 aromatic carbocycles. The number of aromatic nitrogens is 3. The van der Waals surface area contributed by atoms with Gasteiger partial charge in [-0.25, -0.2) is 13.1 Å². The number of thiophene rings is 1. The fourth-order valence-electron chi connectivity index (χ4n) is 1.18. The Balaban J connectivity index is 1.97. The van der Waals surface area contributed by atoms with E-state index < -0.39 is 10.0 Å². The number of rotatable bonds is 5. The molecule has 0 fully saturated rings. The van der Waals surface area contributed by atoms with E-state index in [0.29, 0.717) is 11.0 Å². The van der Waals surface area contributed by atoms with Crippen LogP contribution >= 0.6 is 27.3 Å². The Morgan fingerprint density at radius 3 is 2.94 bits per heavy atom. The van der Waals surface area contributed by atoms with E-state index in [-0.39, 0.29) is 10.8 Å². The zero-order valence-corrected chi connectivity index (χ0v) is 11.8. The maximum atomic E-state index is 11.9. The van der Waals surface area contributed by atoms with Gasteiger partial charge in [-0.1, -0.05) is 5.21 Å². The highest BCUT2D eigenvalue weighted by molar-refractivity contribution is 9.10. The van der Waals surface area contributed by atoms with Crippen LogP contribution in [0.2, 0.25) is 0 Å². The van der Waals surface area contributed by atoms with Crippen molar-refractivity contribution in [1.29, 1.82) is 0 Å². The highest BCUT2D eigenvalue weighted by atomic mass is 79.9. The molecule has 92 valence electrons. The molecule has 1 N–H and O–H groups in total.